The van der Waals surface area contributed by atoms with E-state index in [1.807, 2.05) is 0 Å². The van der Waals surface area contributed by atoms with Crippen LogP contribution in [0.3, 0.4) is 0 Å². The summed E-state index contributed by atoms with van der Waals surface area (Å²) in [4.78, 5) is 25.5. The van der Waals surface area contributed by atoms with Gasteiger partial charge in [0.15, 0.2) is 4.91 Å². The highest BCUT2D eigenvalue weighted by Gasteiger charge is 2.40. The molecule has 0 aliphatic carbocycles. The first-order chi connectivity index (χ1) is 16.3. The first kappa shape index (κ1) is 23.5. The smallest absolute Gasteiger partial charge is 0.340 e. The SMILES string of the molecule is CCOC(=O)c1ccccc1NC(=O)C1=C(c2ccccc2)c2cc(Cl)ccc2N(C)S1(=O)=O. The number of rotatable bonds is 5. The molecule has 0 atom stereocenters. The van der Waals surface area contributed by atoms with Gasteiger partial charge in [0.2, 0.25) is 0 Å². The molecule has 0 saturated carbocycles. The van der Waals surface area contributed by atoms with E-state index in [9.17, 15) is 18.0 Å². The van der Waals surface area contributed by atoms with Crippen molar-refractivity contribution in [3.8, 4) is 0 Å². The van der Waals surface area contributed by atoms with E-state index < -0.39 is 26.8 Å². The van der Waals surface area contributed by atoms with Crippen molar-refractivity contribution in [3.05, 3.63) is 99.4 Å². The number of fused-ring (bicyclic) bond motifs is 1. The quantitative estimate of drug-likeness (QED) is 0.517. The van der Waals surface area contributed by atoms with E-state index in [1.165, 1.54) is 19.2 Å². The summed E-state index contributed by atoms with van der Waals surface area (Å²) in [5, 5.41) is 3.00. The van der Waals surface area contributed by atoms with Crippen molar-refractivity contribution in [1.29, 1.82) is 0 Å². The minimum atomic E-state index is -4.25. The molecule has 1 N–H and O–H groups in total. The molecule has 0 spiro atoms. The van der Waals surface area contributed by atoms with E-state index in [0.29, 0.717) is 21.8 Å². The summed E-state index contributed by atoms with van der Waals surface area (Å²) in [6.45, 7) is 1.82. The number of hydrogen-bond donors (Lipinski definition) is 1. The lowest BCUT2D eigenvalue weighted by atomic mass is 9.95. The Morgan fingerprint density at radius 3 is 2.38 bits per heavy atom. The first-order valence-corrected chi connectivity index (χ1v) is 12.2. The number of nitrogens with zero attached hydrogens (tertiary/aromatic N) is 1. The third kappa shape index (κ3) is 4.18. The van der Waals surface area contributed by atoms with Crippen molar-refractivity contribution < 1.29 is 22.7 Å². The molecule has 0 unspecified atom stereocenters. The lowest BCUT2D eigenvalue weighted by molar-refractivity contribution is -0.112. The highest BCUT2D eigenvalue weighted by Crippen LogP contribution is 2.43. The van der Waals surface area contributed by atoms with Gasteiger partial charge in [-0.2, -0.15) is 0 Å². The van der Waals surface area contributed by atoms with E-state index in [4.69, 9.17) is 16.3 Å². The first-order valence-electron chi connectivity index (χ1n) is 10.4. The average Bonchev–Trinajstić information content (AvgIpc) is 2.82. The molecule has 1 aliphatic heterocycles. The zero-order valence-corrected chi connectivity index (χ0v) is 20.0. The van der Waals surface area contributed by atoms with Crippen LogP contribution in [0.15, 0.2) is 77.7 Å². The number of carbonyl (C=O) groups is 2. The zero-order valence-electron chi connectivity index (χ0n) is 18.4. The molecule has 4 rings (SSSR count). The standard InChI is InChI=1S/C25H21ClN2O5S/c1-3-33-25(30)18-11-7-8-12-20(18)27-24(29)23-22(16-9-5-4-6-10-16)19-15-17(26)13-14-21(19)28(2)34(23,31)32/h4-15H,3H2,1-2H3,(H,27,29). The van der Waals surface area contributed by atoms with E-state index in [1.54, 1.807) is 67.6 Å². The molecular formula is C25H21ClN2O5S. The molecule has 0 saturated heterocycles. The van der Waals surface area contributed by atoms with Crippen LogP contribution in [0.25, 0.3) is 5.57 Å². The summed E-state index contributed by atoms with van der Waals surface area (Å²) in [7, 11) is -2.87. The van der Waals surface area contributed by atoms with Gasteiger partial charge in [-0.25, -0.2) is 13.2 Å². The molecule has 1 aliphatic rings. The number of carbonyl (C=O) groups excluding carboxylic acids is 2. The van der Waals surface area contributed by atoms with Gasteiger partial charge in [-0.1, -0.05) is 54.1 Å². The molecule has 174 valence electrons. The molecular weight excluding hydrogens is 476 g/mol. The van der Waals surface area contributed by atoms with E-state index in [-0.39, 0.29) is 23.4 Å². The molecule has 1 heterocycles. The lowest BCUT2D eigenvalue weighted by Gasteiger charge is -2.31. The molecule has 3 aromatic carbocycles. The lowest BCUT2D eigenvalue weighted by Crippen LogP contribution is -2.37. The maximum atomic E-state index is 13.6. The van der Waals surface area contributed by atoms with Crippen LogP contribution in [0.4, 0.5) is 11.4 Å². The summed E-state index contributed by atoms with van der Waals surface area (Å²) in [5.41, 5.74) is 1.91. The highest BCUT2D eigenvalue weighted by molar-refractivity contribution is 7.97. The number of benzene rings is 3. The summed E-state index contributed by atoms with van der Waals surface area (Å²) in [5.74, 6) is -1.51. The van der Waals surface area contributed by atoms with Gasteiger partial charge in [0, 0.05) is 23.2 Å². The second kappa shape index (κ2) is 9.32. The van der Waals surface area contributed by atoms with Gasteiger partial charge >= 0.3 is 5.97 Å². The van der Waals surface area contributed by atoms with Gasteiger partial charge < -0.3 is 10.1 Å². The number of sulfonamides is 1. The Hall–Kier alpha value is -3.62. The maximum Gasteiger partial charge on any atom is 0.340 e. The second-order valence-corrected chi connectivity index (χ2v) is 9.77. The maximum absolute atomic E-state index is 13.6. The molecule has 7 nitrogen and oxygen atoms in total. The molecule has 9 heteroatoms. The largest absolute Gasteiger partial charge is 0.462 e. The number of nitrogens with one attached hydrogen (secondary N) is 1. The number of amides is 1. The predicted octanol–water partition coefficient (Wildman–Crippen LogP) is 4.69. The van der Waals surface area contributed by atoms with E-state index >= 15 is 0 Å². The number of ether oxygens (including phenoxy) is 1. The summed E-state index contributed by atoms with van der Waals surface area (Å²) in [6.07, 6.45) is 0. The second-order valence-electron chi connectivity index (χ2n) is 7.42. The Morgan fingerprint density at radius 1 is 1.00 bits per heavy atom. The molecule has 3 aromatic rings. The molecule has 0 aromatic heterocycles. The van der Waals surface area contributed by atoms with Crippen LogP contribution in [0.5, 0.6) is 0 Å². The fourth-order valence-corrected chi connectivity index (χ4v) is 5.42. The summed E-state index contributed by atoms with van der Waals surface area (Å²) < 4.78 is 33.3. The minimum Gasteiger partial charge on any atom is -0.462 e. The predicted molar refractivity (Wildman–Crippen MR) is 132 cm³/mol. The third-order valence-corrected chi connectivity index (χ3v) is 7.41. The van der Waals surface area contributed by atoms with Crippen LogP contribution >= 0.6 is 11.6 Å². The van der Waals surface area contributed by atoms with Crippen molar-refractivity contribution in [2.24, 2.45) is 0 Å². The molecule has 0 radical (unpaired) electrons. The van der Waals surface area contributed by atoms with Gasteiger partial charge in [-0.05, 0) is 42.8 Å². The van der Waals surface area contributed by atoms with Crippen molar-refractivity contribution in [3.63, 3.8) is 0 Å². The number of para-hydroxylation sites is 1. The Morgan fingerprint density at radius 2 is 1.68 bits per heavy atom. The van der Waals surface area contributed by atoms with Crippen LogP contribution < -0.4 is 9.62 Å². The molecule has 0 bridgehead atoms. The van der Waals surface area contributed by atoms with Gasteiger partial charge in [0.25, 0.3) is 15.9 Å². The summed E-state index contributed by atoms with van der Waals surface area (Å²) in [6, 6.07) is 19.8. The van der Waals surface area contributed by atoms with E-state index in [0.717, 1.165) is 4.31 Å². The Bertz CT molecular complexity index is 1420. The van der Waals surface area contributed by atoms with Crippen molar-refractivity contribution in [2.75, 3.05) is 23.3 Å². The van der Waals surface area contributed by atoms with Crippen molar-refractivity contribution >= 4 is 50.4 Å². The fraction of sp³-hybridized carbons (Fsp3) is 0.120. The number of hydrogen-bond acceptors (Lipinski definition) is 5. The normalized spacial score (nSPS) is 14.4. The van der Waals surface area contributed by atoms with Crippen LogP contribution in [-0.4, -0.2) is 33.9 Å². The zero-order chi connectivity index (χ0) is 24.5. The Balaban J connectivity index is 1.94. The summed E-state index contributed by atoms with van der Waals surface area (Å²) >= 11 is 6.25. The molecule has 0 fully saturated rings. The van der Waals surface area contributed by atoms with Crippen LogP contribution in [0.1, 0.15) is 28.4 Å². The van der Waals surface area contributed by atoms with Gasteiger partial charge in [-0.3, -0.25) is 9.10 Å². The minimum absolute atomic E-state index is 0.115. The van der Waals surface area contributed by atoms with Crippen LogP contribution in [-0.2, 0) is 19.6 Å². The van der Waals surface area contributed by atoms with E-state index in [2.05, 4.69) is 5.32 Å². The number of anilines is 2. The monoisotopic (exact) mass is 496 g/mol. The van der Waals surface area contributed by atoms with Crippen LogP contribution in [0.2, 0.25) is 5.02 Å². The molecule has 1 amide bonds. The van der Waals surface area contributed by atoms with Gasteiger partial charge in [0.05, 0.1) is 23.5 Å². The van der Waals surface area contributed by atoms with Gasteiger partial charge in [0.1, 0.15) is 0 Å². The highest BCUT2D eigenvalue weighted by atomic mass is 35.5. The van der Waals surface area contributed by atoms with Crippen LogP contribution in [0, 0.1) is 0 Å². The van der Waals surface area contributed by atoms with Crippen molar-refractivity contribution in [2.45, 2.75) is 6.92 Å². The third-order valence-electron chi connectivity index (χ3n) is 5.35. The van der Waals surface area contributed by atoms with Gasteiger partial charge in [-0.15, -0.1) is 0 Å². The Labute approximate surface area is 202 Å². The topological polar surface area (TPSA) is 92.8 Å². The number of esters is 1. The Kier molecular flexibility index (Phi) is 6.45. The average molecular weight is 497 g/mol. The molecule has 34 heavy (non-hydrogen) atoms. The fourth-order valence-electron chi connectivity index (χ4n) is 3.78. The van der Waals surface area contributed by atoms with Crippen molar-refractivity contribution in [1.82, 2.24) is 0 Å². The number of halogens is 1.